The van der Waals surface area contributed by atoms with Crippen LogP contribution in [0.25, 0.3) is 11.3 Å². The summed E-state index contributed by atoms with van der Waals surface area (Å²) in [5, 5.41) is 1.14. The van der Waals surface area contributed by atoms with Crippen molar-refractivity contribution in [3.63, 3.8) is 0 Å². The number of rotatable bonds is 4. The van der Waals surface area contributed by atoms with Crippen LogP contribution in [0.3, 0.4) is 0 Å². The van der Waals surface area contributed by atoms with Crippen molar-refractivity contribution in [2.45, 2.75) is 39.3 Å². The van der Waals surface area contributed by atoms with Crippen molar-refractivity contribution in [2.24, 2.45) is 11.7 Å². The van der Waals surface area contributed by atoms with Crippen molar-refractivity contribution in [3.05, 3.63) is 35.2 Å². The standard InChI is InChI=1S/C17H23N3S/c1-12(2)14-9-6-10-20(14)17-19-16(15(11-18)21-17)13-7-4-3-5-8-13/h3-5,7-8,12,14H,6,9-11,18H2,1-2H3. The average molecular weight is 301 g/mol. The van der Waals surface area contributed by atoms with Gasteiger partial charge in [0.05, 0.1) is 5.69 Å². The lowest BCUT2D eigenvalue weighted by Gasteiger charge is -2.27. The van der Waals surface area contributed by atoms with Crippen LogP contribution in [0.2, 0.25) is 0 Å². The van der Waals surface area contributed by atoms with Gasteiger partial charge in [0, 0.05) is 29.6 Å². The third-order valence-electron chi connectivity index (χ3n) is 4.23. The zero-order valence-electron chi connectivity index (χ0n) is 12.7. The molecule has 0 spiro atoms. The van der Waals surface area contributed by atoms with Gasteiger partial charge in [0.15, 0.2) is 5.13 Å². The Hall–Kier alpha value is -1.39. The van der Waals surface area contributed by atoms with Crippen LogP contribution >= 0.6 is 11.3 Å². The summed E-state index contributed by atoms with van der Waals surface area (Å²) < 4.78 is 0. The van der Waals surface area contributed by atoms with Gasteiger partial charge in [0.25, 0.3) is 0 Å². The minimum atomic E-state index is 0.558. The second kappa shape index (κ2) is 6.16. The molecule has 3 nitrogen and oxygen atoms in total. The topological polar surface area (TPSA) is 42.2 Å². The lowest BCUT2D eigenvalue weighted by atomic mass is 10.0. The van der Waals surface area contributed by atoms with Crippen molar-refractivity contribution >= 4 is 16.5 Å². The second-order valence-electron chi connectivity index (χ2n) is 5.99. The van der Waals surface area contributed by atoms with E-state index in [9.17, 15) is 0 Å². The number of hydrogen-bond acceptors (Lipinski definition) is 4. The molecule has 1 fully saturated rings. The summed E-state index contributed by atoms with van der Waals surface area (Å²) in [6.07, 6.45) is 2.54. The van der Waals surface area contributed by atoms with Crippen LogP contribution in [0, 0.1) is 5.92 Å². The zero-order valence-corrected chi connectivity index (χ0v) is 13.6. The monoisotopic (exact) mass is 301 g/mol. The molecule has 0 amide bonds. The molecule has 0 radical (unpaired) electrons. The Morgan fingerprint density at radius 2 is 2.10 bits per heavy atom. The fourth-order valence-electron chi connectivity index (χ4n) is 3.15. The molecular formula is C17H23N3S. The fraction of sp³-hybridized carbons (Fsp3) is 0.471. The van der Waals surface area contributed by atoms with Crippen LogP contribution in [-0.2, 0) is 6.54 Å². The first-order chi connectivity index (χ1) is 10.2. The molecule has 0 bridgehead atoms. The summed E-state index contributed by atoms with van der Waals surface area (Å²) >= 11 is 1.76. The summed E-state index contributed by atoms with van der Waals surface area (Å²) in [4.78, 5) is 8.60. The normalized spacial score (nSPS) is 18.7. The van der Waals surface area contributed by atoms with Crippen molar-refractivity contribution in [3.8, 4) is 11.3 Å². The summed E-state index contributed by atoms with van der Waals surface area (Å²) in [5.41, 5.74) is 8.18. The molecule has 2 heterocycles. The Kier molecular flexibility index (Phi) is 4.27. The fourth-order valence-corrected chi connectivity index (χ4v) is 4.19. The summed E-state index contributed by atoms with van der Waals surface area (Å²) in [7, 11) is 0. The number of thiazole rings is 1. The van der Waals surface area contributed by atoms with Crippen LogP contribution in [-0.4, -0.2) is 17.6 Å². The van der Waals surface area contributed by atoms with Gasteiger partial charge in [0.1, 0.15) is 0 Å². The number of hydrogen-bond donors (Lipinski definition) is 1. The van der Waals surface area contributed by atoms with Crippen LogP contribution in [0.5, 0.6) is 0 Å². The van der Waals surface area contributed by atoms with E-state index in [-0.39, 0.29) is 0 Å². The molecule has 112 valence electrons. The third-order valence-corrected chi connectivity index (χ3v) is 5.35. The Morgan fingerprint density at radius 3 is 2.76 bits per heavy atom. The minimum Gasteiger partial charge on any atom is -0.345 e. The molecule has 21 heavy (non-hydrogen) atoms. The van der Waals surface area contributed by atoms with E-state index in [0.717, 1.165) is 17.4 Å². The maximum Gasteiger partial charge on any atom is 0.186 e. The quantitative estimate of drug-likeness (QED) is 0.931. The van der Waals surface area contributed by atoms with Crippen molar-refractivity contribution in [1.82, 2.24) is 4.98 Å². The Bertz CT molecular complexity index is 591. The Labute approximate surface area is 130 Å². The number of nitrogens with two attached hydrogens (primary N) is 1. The molecule has 0 aliphatic carbocycles. The highest BCUT2D eigenvalue weighted by Gasteiger charge is 2.30. The number of anilines is 1. The zero-order chi connectivity index (χ0) is 14.8. The molecule has 1 saturated heterocycles. The maximum atomic E-state index is 5.95. The van der Waals surface area contributed by atoms with E-state index in [4.69, 9.17) is 10.7 Å². The average Bonchev–Trinajstić information content (AvgIpc) is 3.14. The maximum absolute atomic E-state index is 5.95. The number of nitrogens with zero attached hydrogens (tertiary/aromatic N) is 2. The van der Waals surface area contributed by atoms with Crippen LogP contribution < -0.4 is 10.6 Å². The van der Waals surface area contributed by atoms with E-state index in [0.29, 0.717) is 18.5 Å². The molecule has 1 unspecified atom stereocenters. The number of benzene rings is 1. The van der Waals surface area contributed by atoms with Crippen LogP contribution in [0.4, 0.5) is 5.13 Å². The molecule has 4 heteroatoms. The molecule has 0 saturated carbocycles. The molecule has 1 atom stereocenters. The van der Waals surface area contributed by atoms with E-state index in [1.807, 2.05) is 6.07 Å². The van der Waals surface area contributed by atoms with E-state index >= 15 is 0 Å². The Balaban J connectivity index is 1.96. The van der Waals surface area contributed by atoms with Crippen molar-refractivity contribution in [2.75, 3.05) is 11.4 Å². The lowest BCUT2D eigenvalue weighted by molar-refractivity contribution is 0.491. The Morgan fingerprint density at radius 1 is 1.33 bits per heavy atom. The molecule has 1 aliphatic rings. The van der Waals surface area contributed by atoms with E-state index < -0.39 is 0 Å². The van der Waals surface area contributed by atoms with E-state index in [2.05, 4.69) is 43.0 Å². The van der Waals surface area contributed by atoms with Gasteiger partial charge in [-0.15, -0.1) is 0 Å². The van der Waals surface area contributed by atoms with Gasteiger partial charge in [0.2, 0.25) is 0 Å². The van der Waals surface area contributed by atoms with Crippen molar-refractivity contribution in [1.29, 1.82) is 0 Å². The van der Waals surface area contributed by atoms with Crippen molar-refractivity contribution < 1.29 is 0 Å². The number of aromatic nitrogens is 1. The smallest absolute Gasteiger partial charge is 0.186 e. The van der Waals surface area contributed by atoms with E-state index in [1.165, 1.54) is 23.3 Å². The SMILES string of the molecule is CC(C)C1CCCN1c1nc(-c2ccccc2)c(CN)s1. The van der Waals surface area contributed by atoms with Crippen LogP contribution in [0.15, 0.2) is 30.3 Å². The second-order valence-corrected chi connectivity index (χ2v) is 7.05. The third kappa shape index (κ3) is 2.83. The minimum absolute atomic E-state index is 0.558. The highest BCUT2D eigenvalue weighted by atomic mass is 32.1. The highest BCUT2D eigenvalue weighted by Crippen LogP contribution is 2.37. The van der Waals surface area contributed by atoms with Gasteiger partial charge in [-0.2, -0.15) is 0 Å². The first-order valence-electron chi connectivity index (χ1n) is 7.72. The summed E-state index contributed by atoms with van der Waals surface area (Å²) in [6, 6.07) is 11.0. The van der Waals surface area contributed by atoms with Crippen LogP contribution in [0.1, 0.15) is 31.6 Å². The predicted molar refractivity (Wildman–Crippen MR) is 90.6 cm³/mol. The predicted octanol–water partition coefficient (Wildman–Crippen LogP) is 3.89. The first kappa shape index (κ1) is 14.5. The largest absolute Gasteiger partial charge is 0.345 e. The molecule has 2 aromatic rings. The van der Waals surface area contributed by atoms with Gasteiger partial charge in [-0.3, -0.25) is 0 Å². The lowest BCUT2D eigenvalue weighted by Crippen LogP contribution is -2.33. The first-order valence-corrected chi connectivity index (χ1v) is 8.54. The van der Waals surface area contributed by atoms with Gasteiger partial charge in [-0.1, -0.05) is 55.5 Å². The molecule has 1 aliphatic heterocycles. The van der Waals surface area contributed by atoms with Gasteiger partial charge in [-0.05, 0) is 18.8 Å². The van der Waals surface area contributed by atoms with E-state index in [1.54, 1.807) is 11.3 Å². The molecule has 2 N–H and O–H groups in total. The van der Waals surface area contributed by atoms with Gasteiger partial charge < -0.3 is 10.6 Å². The highest BCUT2D eigenvalue weighted by molar-refractivity contribution is 7.16. The summed E-state index contributed by atoms with van der Waals surface area (Å²) in [6.45, 7) is 6.29. The summed E-state index contributed by atoms with van der Waals surface area (Å²) in [5.74, 6) is 0.665. The van der Waals surface area contributed by atoms with Gasteiger partial charge in [-0.25, -0.2) is 4.98 Å². The molecule has 1 aromatic carbocycles. The van der Waals surface area contributed by atoms with Gasteiger partial charge >= 0.3 is 0 Å². The molecular weight excluding hydrogens is 278 g/mol. The molecule has 1 aromatic heterocycles. The molecule has 3 rings (SSSR count).